The van der Waals surface area contributed by atoms with Crippen LogP contribution in [-0.4, -0.2) is 25.0 Å². The zero-order chi connectivity index (χ0) is 16.2. The molecule has 1 heterocycles. The first-order valence-electron chi connectivity index (χ1n) is 7.10. The number of sulfonamides is 1. The Morgan fingerprint density at radius 1 is 1.09 bits per heavy atom. The third-order valence-corrected chi connectivity index (χ3v) is 5.68. The second-order valence-electron chi connectivity index (χ2n) is 5.75. The smallest absolute Gasteiger partial charge is 0.324 e. The lowest BCUT2D eigenvalue weighted by Gasteiger charge is -2.12. The van der Waals surface area contributed by atoms with Crippen LogP contribution in [0, 0.1) is 0 Å². The Morgan fingerprint density at radius 3 is 2.48 bits per heavy atom. The number of benzene rings is 2. The van der Waals surface area contributed by atoms with E-state index in [-0.39, 0.29) is 4.90 Å². The number of hydrogen-bond donors (Lipinski definition) is 2. The van der Waals surface area contributed by atoms with Crippen molar-refractivity contribution in [1.82, 2.24) is 4.72 Å². The van der Waals surface area contributed by atoms with Gasteiger partial charge in [0.2, 0.25) is 10.0 Å². The highest BCUT2D eigenvalue weighted by Gasteiger charge is 2.53. The molecule has 0 bridgehead atoms. The summed E-state index contributed by atoms with van der Waals surface area (Å²) in [6.45, 7) is 0. The summed E-state index contributed by atoms with van der Waals surface area (Å²) in [7, 11) is -3.91. The monoisotopic (exact) mass is 331 g/mol. The SMILES string of the molecule is O=C(O)C1(NS(=O)(=O)c2ccc3oc4ccccc4c3c2)CC1. The fraction of sp³-hybridized carbons (Fsp3) is 0.188. The maximum atomic E-state index is 12.5. The standard InChI is InChI=1S/C16H13NO5S/c18-15(19)16(7-8-16)17-23(20,21)10-5-6-14-12(9-10)11-3-1-2-4-13(11)22-14/h1-6,9,17H,7-8H2,(H,18,19). The summed E-state index contributed by atoms with van der Waals surface area (Å²) in [5.74, 6) is -1.14. The van der Waals surface area contributed by atoms with Gasteiger partial charge >= 0.3 is 5.97 Å². The third-order valence-electron chi connectivity index (χ3n) is 4.15. The van der Waals surface area contributed by atoms with Crippen molar-refractivity contribution < 1.29 is 22.7 Å². The maximum Gasteiger partial charge on any atom is 0.324 e. The highest BCUT2D eigenvalue weighted by Crippen LogP contribution is 2.37. The number of fused-ring (bicyclic) bond motifs is 3. The minimum absolute atomic E-state index is 0.0316. The van der Waals surface area contributed by atoms with Gasteiger partial charge in [-0.05, 0) is 37.1 Å². The van der Waals surface area contributed by atoms with Crippen LogP contribution in [0.1, 0.15) is 12.8 Å². The van der Waals surface area contributed by atoms with Crippen LogP contribution in [0.5, 0.6) is 0 Å². The van der Waals surface area contributed by atoms with Crippen molar-refractivity contribution >= 4 is 37.9 Å². The Labute approximate surface area is 131 Å². The fourth-order valence-corrected chi connectivity index (χ4v) is 4.12. The van der Waals surface area contributed by atoms with Crippen molar-refractivity contribution in [3.05, 3.63) is 42.5 Å². The molecule has 118 valence electrons. The molecule has 1 aliphatic carbocycles. The molecule has 1 fully saturated rings. The van der Waals surface area contributed by atoms with Gasteiger partial charge in [-0.3, -0.25) is 4.79 Å². The van der Waals surface area contributed by atoms with Crippen LogP contribution in [0.4, 0.5) is 0 Å². The number of carboxylic acids is 1. The summed E-state index contributed by atoms with van der Waals surface area (Å²) >= 11 is 0. The average molecular weight is 331 g/mol. The number of furan rings is 1. The number of carbonyl (C=O) groups is 1. The molecule has 7 heteroatoms. The fourth-order valence-electron chi connectivity index (χ4n) is 2.67. The number of hydrogen-bond acceptors (Lipinski definition) is 4. The lowest BCUT2D eigenvalue weighted by molar-refractivity contribution is -0.140. The van der Waals surface area contributed by atoms with Gasteiger partial charge in [-0.2, -0.15) is 4.72 Å². The molecule has 23 heavy (non-hydrogen) atoms. The summed E-state index contributed by atoms with van der Waals surface area (Å²) in [4.78, 5) is 11.2. The first kappa shape index (κ1) is 14.2. The van der Waals surface area contributed by atoms with Gasteiger partial charge in [0.15, 0.2) is 0 Å². The number of carboxylic acid groups (broad SMARTS) is 1. The van der Waals surface area contributed by atoms with Gasteiger partial charge in [0.25, 0.3) is 0 Å². The largest absolute Gasteiger partial charge is 0.480 e. The first-order valence-corrected chi connectivity index (χ1v) is 8.58. The number of rotatable bonds is 4. The molecule has 0 aliphatic heterocycles. The predicted molar refractivity (Wildman–Crippen MR) is 83.6 cm³/mol. The van der Waals surface area contributed by atoms with Crippen molar-refractivity contribution in [2.75, 3.05) is 0 Å². The first-order chi connectivity index (χ1) is 10.9. The molecular weight excluding hydrogens is 318 g/mol. The molecule has 0 spiro atoms. The predicted octanol–water partition coefficient (Wildman–Crippen LogP) is 2.48. The van der Waals surface area contributed by atoms with E-state index in [0.29, 0.717) is 29.4 Å². The Hall–Kier alpha value is -2.38. The van der Waals surface area contributed by atoms with Gasteiger partial charge < -0.3 is 9.52 Å². The molecule has 0 amide bonds. The Balaban J connectivity index is 1.82. The molecule has 0 radical (unpaired) electrons. The van der Waals surface area contributed by atoms with E-state index in [0.717, 1.165) is 5.39 Å². The lowest BCUT2D eigenvalue weighted by atomic mass is 10.1. The van der Waals surface area contributed by atoms with Crippen molar-refractivity contribution in [2.24, 2.45) is 0 Å². The quantitative estimate of drug-likeness (QED) is 0.765. The second kappa shape index (κ2) is 4.56. The Bertz CT molecular complexity index is 1050. The zero-order valence-electron chi connectivity index (χ0n) is 11.9. The normalized spacial score (nSPS) is 16.7. The van der Waals surface area contributed by atoms with Gasteiger partial charge in [0.05, 0.1) is 4.90 Å². The minimum atomic E-state index is -3.91. The molecule has 2 aromatic carbocycles. The summed E-state index contributed by atoms with van der Waals surface area (Å²) in [6, 6.07) is 11.9. The summed E-state index contributed by atoms with van der Waals surface area (Å²) in [5.41, 5.74) is -0.0922. The van der Waals surface area contributed by atoms with Gasteiger partial charge in [0.1, 0.15) is 16.7 Å². The van der Waals surface area contributed by atoms with Gasteiger partial charge in [-0.25, -0.2) is 8.42 Å². The topological polar surface area (TPSA) is 96.6 Å². The molecule has 6 nitrogen and oxygen atoms in total. The van der Waals surface area contributed by atoms with Gasteiger partial charge in [0, 0.05) is 10.8 Å². The van der Waals surface area contributed by atoms with Crippen LogP contribution in [0.25, 0.3) is 21.9 Å². The Kier molecular flexibility index (Phi) is 2.82. The molecule has 0 saturated heterocycles. The molecule has 2 N–H and O–H groups in total. The van der Waals surface area contributed by atoms with E-state index >= 15 is 0 Å². The maximum absolute atomic E-state index is 12.5. The van der Waals surface area contributed by atoms with E-state index in [9.17, 15) is 13.2 Å². The lowest BCUT2D eigenvalue weighted by Crippen LogP contribution is -2.42. The van der Waals surface area contributed by atoms with E-state index in [2.05, 4.69) is 4.72 Å². The molecular formula is C16H13NO5S. The zero-order valence-corrected chi connectivity index (χ0v) is 12.8. The van der Waals surface area contributed by atoms with Crippen LogP contribution in [0.15, 0.2) is 51.8 Å². The van der Waals surface area contributed by atoms with E-state index in [1.165, 1.54) is 12.1 Å². The van der Waals surface area contributed by atoms with Crippen LogP contribution in [-0.2, 0) is 14.8 Å². The number of para-hydroxylation sites is 1. The molecule has 0 atom stereocenters. The van der Waals surface area contributed by atoms with Crippen LogP contribution in [0.3, 0.4) is 0 Å². The van der Waals surface area contributed by atoms with E-state index in [4.69, 9.17) is 9.52 Å². The molecule has 1 aliphatic rings. The van der Waals surface area contributed by atoms with Gasteiger partial charge in [-0.1, -0.05) is 18.2 Å². The molecule has 3 aromatic rings. The third kappa shape index (κ3) is 2.20. The second-order valence-corrected chi connectivity index (χ2v) is 7.43. The van der Waals surface area contributed by atoms with Crippen molar-refractivity contribution in [2.45, 2.75) is 23.3 Å². The molecule has 4 rings (SSSR count). The highest BCUT2D eigenvalue weighted by molar-refractivity contribution is 7.89. The summed E-state index contributed by atoms with van der Waals surface area (Å²) in [5, 5.41) is 10.7. The number of aliphatic carboxylic acids is 1. The Morgan fingerprint density at radius 2 is 1.78 bits per heavy atom. The average Bonchev–Trinajstić information content (AvgIpc) is 3.19. The van der Waals surface area contributed by atoms with Crippen molar-refractivity contribution in [3.8, 4) is 0 Å². The molecule has 1 saturated carbocycles. The van der Waals surface area contributed by atoms with Crippen LogP contribution < -0.4 is 4.72 Å². The van der Waals surface area contributed by atoms with Crippen molar-refractivity contribution in [1.29, 1.82) is 0 Å². The van der Waals surface area contributed by atoms with Crippen LogP contribution >= 0.6 is 0 Å². The number of nitrogens with one attached hydrogen (secondary N) is 1. The highest BCUT2D eigenvalue weighted by atomic mass is 32.2. The van der Waals surface area contributed by atoms with E-state index in [1.807, 2.05) is 24.3 Å². The minimum Gasteiger partial charge on any atom is -0.480 e. The van der Waals surface area contributed by atoms with Gasteiger partial charge in [-0.15, -0.1) is 0 Å². The summed E-state index contributed by atoms with van der Waals surface area (Å²) < 4.78 is 32.9. The summed E-state index contributed by atoms with van der Waals surface area (Å²) in [6.07, 6.45) is 0.608. The van der Waals surface area contributed by atoms with E-state index < -0.39 is 21.5 Å². The van der Waals surface area contributed by atoms with Crippen LogP contribution in [0.2, 0.25) is 0 Å². The molecule has 1 aromatic heterocycles. The van der Waals surface area contributed by atoms with E-state index in [1.54, 1.807) is 6.07 Å². The molecule has 0 unspecified atom stereocenters. The van der Waals surface area contributed by atoms with Crippen molar-refractivity contribution in [3.63, 3.8) is 0 Å².